The maximum atomic E-state index is 5.38. The minimum absolute atomic E-state index is 0.690. The lowest BCUT2D eigenvalue weighted by Crippen LogP contribution is -1.96. The summed E-state index contributed by atoms with van der Waals surface area (Å²) in [7, 11) is 3.24. The summed E-state index contributed by atoms with van der Waals surface area (Å²) in [6.45, 7) is 0. The third kappa shape index (κ3) is 4.39. The van der Waals surface area contributed by atoms with Crippen LogP contribution in [0.4, 0.5) is 0 Å². The highest BCUT2D eigenvalue weighted by Gasteiger charge is 2.06. The van der Waals surface area contributed by atoms with Gasteiger partial charge in [-0.25, -0.2) is 0 Å². The molecular weight excluding hydrogens is 336 g/mol. The lowest BCUT2D eigenvalue weighted by molar-refractivity contribution is 0.394. The second-order valence-electron chi connectivity index (χ2n) is 5.08. The van der Waals surface area contributed by atoms with Crippen molar-refractivity contribution in [3.8, 4) is 11.5 Å². The van der Waals surface area contributed by atoms with Crippen molar-refractivity contribution in [3.05, 3.63) is 66.0 Å². The average Bonchev–Trinajstić information content (AvgIpc) is 3.12. The van der Waals surface area contributed by atoms with E-state index in [2.05, 4.69) is 27.4 Å². The Morgan fingerprint density at radius 3 is 2.72 bits per heavy atom. The van der Waals surface area contributed by atoms with E-state index in [4.69, 9.17) is 9.47 Å². The topological polar surface area (TPSA) is 61.5 Å². The van der Waals surface area contributed by atoms with Gasteiger partial charge in [0.15, 0.2) is 0 Å². The van der Waals surface area contributed by atoms with E-state index in [1.807, 2.05) is 36.4 Å². The lowest BCUT2D eigenvalue weighted by Gasteiger charge is -2.07. The van der Waals surface area contributed by atoms with Crippen molar-refractivity contribution in [2.45, 2.75) is 10.9 Å². The average molecular weight is 354 g/mol. The van der Waals surface area contributed by atoms with E-state index < -0.39 is 0 Å². The monoisotopic (exact) mass is 354 g/mol. The van der Waals surface area contributed by atoms with Crippen LogP contribution in [0.3, 0.4) is 0 Å². The molecule has 2 aromatic carbocycles. The molecule has 0 radical (unpaired) electrons. The molecule has 0 fully saturated rings. The summed E-state index contributed by atoms with van der Waals surface area (Å²) < 4.78 is 12.2. The molecule has 0 aliphatic heterocycles. The summed E-state index contributed by atoms with van der Waals surface area (Å²) in [6.07, 6.45) is 3.30. The number of thioether (sulfide) groups is 1. The van der Waals surface area contributed by atoms with Gasteiger partial charge < -0.3 is 9.47 Å². The highest BCUT2D eigenvalue weighted by atomic mass is 32.2. The second-order valence-corrected chi connectivity index (χ2v) is 6.03. The highest BCUT2D eigenvalue weighted by molar-refractivity contribution is 7.98. The Labute approximate surface area is 150 Å². The van der Waals surface area contributed by atoms with Crippen LogP contribution in [0, 0.1) is 0 Å². The molecule has 0 saturated heterocycles. The molecule has 0 unspecified atom stereocenters. The number of hydrogen-bond donors (Lipinski definition) is 0. The van der Waals surface area contributed by atoms with E-state index in [0.29, 0.717) is 5.75 Å². The third-order valence-corrected chi connectivity index (χ3v) is 4.48. The van der Waals surface area contributed by atoms with E-state index in [9.17, 15) is 0 Å². The van der Waals surface area contributed by atoms with Crippen molar-refractivity contribution < 1.29 is 9.47 Å². The fraction of sp³-hybridized carbons (Fsp3) is 0.167. The Morgan fingerprint density at radius 1 is 1.12 bits per heavy atom. The molecule has 0 bridgehead atoms. The van der Waals surface area contributed by atoms with Crippen LogP contribution < -0.4 is 9.47 Å². The summed E-state index contributed by atoms with van der Waals surface area (Å²) in [5.74, 6) is 2.23. The minimum Gasteiger partial charge on any atom is -0.497 e. The molecule has 0 amide bonds. The number of methoxy groups -OCH3 is 2. The number of hydrogen-bond acceptors (Lipinski definition) is 6. The van der Waals surface area contributed by atoms with Crippen LogP contribution >= 0.6 is 11.8 Å². The number of ether oxygens (including phenoxy) is 2. The quantitative estimate of drug-likeness (QED) is 0.480. The van der Waals surface area contributed by atoms with E-state index in [0.717, 1.165) is 22.2 Å². The summed E-state index contributed by atoms with van der Waals surface area (Å²) in [4.78, 5) is 0. The van der Waals surface area contributed by atoms with Gasteiger partial charge in [-0.15, -0.1) is 10.2 Å². The predicted molar refractivity (Wildman–Crippen MR) is 98.6 cm³/mol. The molecule has 6 nitrogen and oxygen atoms in total. The van der Waals surface area contributed by atoms with Gasteiger partial charge in [-0.2, -0.15) is 9.78 Å². The van der Waals surface area contributed by atoms with Crippen molar-refractivity contribution in [1.29, 1.82) is 0 Å². The molecule has 3 rings (SSSR count). The highest BCUT2D eigenvalue weighted by Crippen LogP contribution is 2.24. The molecule has 0 aliphatic carbocycles. The minimum atomic E-state index is 0.690. The normalized spacial score (nSPS) is 11.0. The SMILES string of the molecule is COc1ccc(C=Nn2cnnc2SCc2ccccc2)c(OC)c1. The molecule has 128 valence electrons. The maximum Gasteiger partial charge on any atom is 0.212 e. The van der Waals surface area contributed by atoms with Crippen LogP contribution in [0.5, 0.6) is 11.5 Å². The first-order valence-electron chi connectivity index (χ1n) is 7.63. The van der Waals surface area contributed by atoms with E-state index in [-0.39, 0.29) is 0 Å². The zero-order valence-corrected chi connectivity index (χ0v) is 14.8. The summed E-state index contributed by atoms with van der Waals surface area (Å²) in [6, 6.07) is 15.8. The van der Waals surface area contributed by atoms with E-state index in [1.54, 1.807) is 43.2 Å². The third-order valence-electron chi connectivity index (χ3n) is 3.47. The Morgan fingerprint density at radius 2 is 1.96 bits per heavy atom. The van der Waals surface area contributed by atoms with E-state index in [1.165, 1.54) is 5.56 Å². The molecule has 0 saturated carbocycles. The van der Waals surface area contributed by atoms with Gasteiger partial charge in [0.25, 0.3) is 0 Å². The van der Waals surface area contributed by atoms with Crippen molar-refractivity contribution in [2.24, 2.45) is 5.10 Å². The van der Waals surface area contributed by atoms with Gasteiger partial charge in [-0.1, -0.05) is 42.1 Å². The lowest BCUT2D eigenvalue weighted by atomic mass is 10.2. The standard InChI is InChI=1S/C18H18N4O2S/c1-23-16-9-8-15(17(10-16)24-2)11-20-22-13-19-21-18(22)25-12-14-6-4-3-5-7-14/h3-11,13H,12H2,1-2H3. The molecule has 1 heterocycles. The van der Waals surface area contributed by atoms with Crippen LogP contribution in [0.1, 0.15) is 11.1 Å². The van der Waals surface area contributed by atoms with Gasteiger partial charge in [-0.05, 0) is 17.7 Å². The molecule has 0 spiro atoms. The fourth-order valence-corrected chi connectivity index (χ4v) is 2.98. The Bertz CT molecular complexity index is 849. The van der Waals surface area contributed by atoms with Crippen LogP contribution in [0.15, 0.2) is 65.1 Å². The first-order chi connectivity index (χ1) is 12.3. The largest absolute Gasteiger partial charge is 0.497 e. The Kier molecular flexibility index (Phi) is 5.69. The Balaban J connectivity index is 1.73. The smallest absolute Gasteiger partial charge is 0.212 e. The summed E-state index contributed by atoms with van der Waals surface area (Å²) in [5, 5.41) is 13.2. The van der Waals surface area contributed by atoms with Gasteiger partial charge >= 0.3 is 0 Å². The zero-order valence-electron chi connectivity index (χ0n) is 14.0. The molecule has 0 atom stereocenters. The van der Waals surface area contributed by atoms with Gasteiger partial charge in [0.2, 0.25) is 5.16 Å². The Hall–Kier alpha value is -2.80. The fourth-order valence-electron chi connectivity index (χ4n) is 2.17. The van der Waals surface area contributed by atoms with Crippen LogP contribution in [-0.4, -0.2) is 35.3 Å². The predicted octanol–water partition coefficient (Wildman–Crippen LogP) is 3.47. The molecular formula is C18H18N4O2S. The number of aromatic nitrogens is 3. The van der Waals surface area contributed by atoms with Crippen molar-refractivity contribution >= 4 is 18.0 Å². The van der Waals surface area contributed by atoms with Crippen molar-refractivity contribution in [2.75, 3.05) is 14.2 Å². The van der Waals surface area contributed by atoms with Gasteiger partial charge in [0, 0.05) is 17.4 Å². The second kappa shape index (κ2) is 8.34. The molecule has 0 aliphatic rings. The zero-order chi connectivity index (χ0) is 17.5. The van der Waals surface area contributed by atoms with Crippen LogP contribution in [-0.2, 0) is 5.75 Å². The molecule has 3 aromatic rings. The maximum absolute atomic E-state index is 5.38. The summed E-state index contributed by atoms with van der Waals surface area (Å²) in [5.41, 5.74) is 2.07. The van der Waals surface area contributed by atoms with E-state index >= 15 is 0 Å². The van der Waals surface area contributed by atoms with Gasteiger partial charge in [-0.3, -0.25) is 0 Å². The molecule has 0 N–H and O–H groups in total. The van der Waals surface area contributed by atoms with Crippen molar-refractivity contribution in [3.63, 3.8) is 0 Å². The number of rotatable bonds is 7. The van der Waals surface area contributed by atoms with Gasteiger partial charge in [0.05, 0.1) is 20.4 Å². The number of nitrogens with zero attached hydrogens (tertiary/aromatic N) is 4. The molecule has 7 heteroatoms. The first kappa shape index (κ1) is 17.0. The first-order valence-corrected chi connectivity index (χ1v) is 8.62. The molecule has 25 heavy (non-hydrogen) atoms. The van der Waals surface area contributed by atoms with Crippen molar-refractivity contribution in [1.82, 2.24) is 14.9 Å². The van der Waals surface area contributed by atoms with Gasteiger partial charge in [0.1, 0.15) is 17.8 Å². The summed E-state index contributed by atoms with van der Waals surface area (Å²) >= 11 is 1.58. The molecule has 1 aromatic heterocycles. The van der Waals surface area contributed by atoms with Crippen LogP contribution in [0.25, 0.3) is 0 Å². The number of benzene rings is 2. The van der Waals surface area contributed by atoms with Crippen LogP contribution in [0.2, 0.25) is 0 Å².